The monoisotopic (exact) mass is 270 g/mol. The van der Waals surface area contributed by atoms with Crippen molar-refractivity contribution in [2.75, 3.05) is 0 Å². The second-order valence-corrected chi connectivity index (χ2v) is 9.79. The molecular formula is C17H38Si. The van der Waals surface area contributed by atoms with Crippen molar-refractivity contribution in [2.45, 2.75) is 110 Å². The summed E-state index contributed by atoms with van der Waals surface area (Å²) >= 11 is 0. The van der Waals surface area contributed by atoms with E-state index in [1.807, 2.05) is 0 Å². The molecule has 110 valence electrons. The molecule has 0 saturated heterocycles. The molecule has 0 aromatic heterocycles. The van der Waals surface area contributed by atoms with Crippen LogP contribution >= 0.6 is 0 Å². The van der Waals surface area contributed by atoms with Crippen LogP contribution in [0.2, 0.25) is 19.1 Å². The van der Waals surface area contributed by atoms with E-state index in [1.165, 1.54) is 83.5 Å². The van der Waals surface area contributed by atoms with Gasteiger partial charge in [0.2, 0.25) is 0 Å². The minimum Gasteiger partial charge on any atom is -0.0722 e. The molecule has 0 saturated carbocycles. The predicted octanol–water partition coefficient (Wildman–Crippen LogP) is 6.56. The summed E-state index contributed by atoms with van der Waals surface area (Å²) in [5.74, 6) is 0. The van der Waals surface area contributed by atoms with Gasteiger partial charge >= 0.3 is 0 Å². The fourth-order valence-corrected chi connectivity index (χ4v) is 3.68. The highest BCUT2D eigenvalue weighted by atomic mass is 28.3. The maximum atomic E-state index is 2.47. The molecule has 0 fully saturated rings. The van der Waals surface area contributed by atoms with E-state index in [2.05, 4.69) is 20.0 Å². The Labute approximate surface area is 119 Å². The molecule has 0 aliphatic rings. The lowest BCUT2D eigenvalue weighted by Crippen LogP contribution is -1.97. The highest BCUT2D eigenvalue weighted by Gasteiger charge is 1.96. The molecule has 0 aliphatic heterocycles. The Kier molecular flexibility index (Phi) is 15.5. The van der Waals surface area contributed by atoms with Crippen LogP contribution in [0.25, 0.3) is 0 Å². The van der Waals surface area contributed by atoms with Crippen LogP contribution in [0.3, 0.4) is 0 Å². The molecule has 0 aromatic carbocycles. The van der Waals surface area contributed by atoms with Gasteiger partial charge < -0.3 is 0 Å². The molecule has 0 aromatic rings. The van der Waals surface area contributed by atoms with E-state index in [9.17, 15) is 0 Å². The van der Waals surface area contributed by atoms with E-state index in [-0.39, 0.29) is 8.80 Å². The van der Waals surface area contributed by atoms with Gasteiger partial charge in [0, 0.05) is 8.80 Å². The summed E-state index contributed by atoms with van der Waals surface area (Å²) in [5.41, 5.74) is 0. The predicted molar refractivity (Wildman–Crippen MR) is 89.4 cm³/mol. The van der Waals surface area contributed by atoms with Crippen molar-refractivity contribution in [2.24, 2.45) is 0 Å². The zero-order valence-electron chi connectivity index (χ0n) is 13.5. The van der Waals surface area contributed by atoms with Crippen LogP contribution in [0.4, 0.5) is 0 Å². The quantitative estimate of drug-likeness (QED) is 0.247. The zero-order chi connectivity index (χ0) is 13.5. The summed E-state index contributed by atoms with van der Waals surface area (Å²) < 4.78 is 0. The Balaban J connectivity index is 2.90. The maximum Gasteiger partial charge on any atom is 0.0305 e. The molecule has 0 heterocycles. The third-order valence-corrected chi connectivity index (χ3v) is 5.45. The Bertz CT molecular complexity index is 143. The molecule has 0 bridgehead atoms. The minimum atomic E-state index is -0.257. The SMILES string of the molecule is CCCCCCCCCCCCCCC[SiH](C)C. The van der Waals surface area contributed by atoms with Gasteiger partial charge in [-0.2, -0.15) is 0 Å². The van der Waals surface area contributed by atoms with Gasteiger partial charge in [0.05, 0.1) is 0 Å². The van der Waals surface area contributed by atoms with Crippen molar-refractivity contribution >= 4 is 8.80 Å². The van der Waals surface area contributed by atoms with Crippen LogP contribution in [0, 0.1) is 0 Å². The summed E-state index contributed by atoms with van der Waals surface area (Å²) in [6.45, 7) is 7.24. The maximum absolute atomic E-state index is 2.47. The third kappa shape index (κ3) is 16.2. The second kappa shape index (κ2) is 15.3. The summed E-state index contributed by atoms with van der Waals surface area (Å²) in [6, 6.07) is 1.57. The molecule has 0 atom stereocenters. The van der Waals surface area contributed by atoms with Gasteiger partial charge in [0.1, 0.15) is 0 Å². The van der Waals surface area contributed by atoms with Gasteiger partial charge in [-0.1, -0.05) is 110 Å². The van der Waals surface area contributed by atoms with E-state index in [0.717, 1.165) is 0 Å². The van der Waals surface area contributed by atoms with Gasteiger partial charge in [0.15, 0.2) is 0 Å². The molecule has 1 heteroatoms. The van der Waals surface area contributed by atoms with Crippen molar-refractivity contribution in [3.05, 3.63) is 0 Å². The van der Waals surface area contributed by atoms with Crippen LogP contribution in [-0.4, -0.2) is 8.80 Å². The second-order valence-electron chi connectivity index (χ2n) is 6.43. The molecule has 0 aliphatic carbocycles. The van der Waals surface area contributed by atoms with Gasteiger partial charge in [0.25, 0.3) is 0 Å². The van der Waals surface area contributed by atoms with Crippen LogP contribution in [-0.2, 0) is 0 Å². The Morgan fingerprint density at radius 2 is 0.833 bits per heavy atom. The van der Waals surface area contributed by atoms with Gasteiger partial charge in [-0.15, -0.1) is 0 Å². The van der Waals surface area contributed by atoms with Crippen molar-refractivity contribution in [3.63, 3.8) is 0 Å². The third-order valence-electron chi connectivity index (χ3n) is 3.89. The highest BCUT2D eigenvalue weighted by molar-refractivity contribution is 6.55. The van der Waals surface area contributed by atoms with Crippen molar-refractivity contribution < 1.29 is 0 Å². The lowest BCUT2D eigenvalue weighted by Gasteiger charge is -2.04. The van der Waals surface area contributed by atoms with Crippen molar-refractivity contribution in [3.8, 4) is 0 Å². The molecular weight excluding hydrogens is 232 g/mol. The fourth-order valence-electron chi connectivity index (χ4n) is 2.57. The summed E-state index contributed by atoms with van der Waals surface area (Å²) in [4.78, 5) is 0. The first kappa shape index (κ1) is 18.2. The molecule has 0 radical (unpaired) electrons. The Morgan fingerprint density at radius 3 is 1.17 bits per heavy atom. The highest BCUT2D eigenvalue weighted by Crippen LogP contribution is 2.13. The van der Waals surface area contributed by atoms with E-state index in [1.54, 1.807) is 6.04 Å². The number of hydrogen-bond acceptors (Lipinski definition) is 0. The van der Waals surface area contributed by atoms with E-state index < -0.39 is 0 Å². The van der Waals surface area contributed by atoms with Crippen molar-refractivity contribution in [1.82, 2.24) is 0 Å². The number of unbranched alkanes of at least 4 members (excludes halogenated alkanes) is 12. The first-order chi connectivity index (χ1) is 8.77. The molecule has 0 rings (SSSR count). The molecule has 18 heavy (non-hydrogen) atoms. The molecule has 0 nitrogen and oxygen atoms in total. The Morgan fingerprint density at radius 1 is 0.500 bits per heavy atom. The first-order valence-electron chi connectivity index (χ1n) is 8.77. The van der Waals surface area contributed by atoms with Crippen LogP contribution in [0.1, 0.15) is 90.4 Å². The van der Waals surface area contributed by atoms with Crippen molar-refractivity contribution in [1.29, 1.82) is 0 Å². The van der Waals surface area contributed by atoms with Crippen LogP contribution < -0.4 is 0 Å². The number of hydrogen-bond donors (Lipinski definition) is 0. The summed E-state index contributed by atoms with van der Waals surface area (Å²) in [5, 5.41) is 0. The topological polar surface area (TPSA) is 0 Å². The normalized spacial score (nSPS) is 11.3. The summed E-state index contributed by atoms with van der Waals surface area (Å²) in [6.07, 6.45) is 19.2. The largest absolute Gasteiger partial charge is 0.0722 e. The van der Waals surface area contributed by atoms with Gasteiger partial charge in [-0.05, 0) is 0 Å². The van der Waals surface area contributed by atoms with Crippen LogP contribution in [0.5, 0.6) is 0 Å². The molecule has 0 amide bonds. The van der Waals surface area contributed by atoms with E-state index in [0.29, 0.717) is 0 Å². The van der Waals surface area contributed by atoms with Crippen LogP contribution in [0.15, 0.2) is 0 Å². The van der Waals surface area contributed by atoms with E-state index in [4.69, 9.17) is 0 Å². The molecule has 0 spiro atoms. The minimum absolute atomic E-state index is 0.257. The summed E-state index contributed by atoms with van der Waals surface area (Å²) in [7, 11) is -0.257. The number of rotatable bonds is 14. The fraction of sp³-hybridized carbons (Fsp3) is 1.00. The molecule has 0 unspecified atom stereocenters. The zero-order valence-corrected chi connectivity index (χ0v) is 14.6. The lowest BCUT2D eigenvalue weighted by molar-refractivity contribution is 0.542. The smallest absolute Gasteiger partial charge is 0.0305 e. The lowest BCUT2D eigenvalue weighted by atomic mass is 10.1. The van der Waals surface area contributed by atoms with Gasteiger partial charge in [-0.3, -0.25) is 0 Å². The molecule has 0 N–H and O–H groups in total. The van der Waals surface area contributed by atoms with Gasteiger partial charge in [-0.25, -0.2) is 0 Å². The van der Waals surface area contributed by atoms with E-state index >= 15 is 0 Å². The standard InChI is InChI=1S/C17H38Si/c1-4-5-6-7-8-9-10-11-12-13-14-15-16-17-18(2)3/h18H,4-17H2,1-3H3. The first-order valence-corrected chi connectivity index (χ1v) is 11.9. The average molecular weight is 271 g/mol. The Hall–Kier alpha value is 0.217. The average Bonchev–Trinajstić information content (AvgIpc) is 2.34.